The van der Waals surface area contributed by atoms with E-state index in [9.17, 15) is 5.11 Å². The number of nitrogens with zero attached hydrogens (tertiary/aromatic N) is 3. The lowest BCUT2D eigenvalue weighted by Crippen LogP contribution is -2.29. The van der Waals surface area contributed by atoms with Gasteiger partial charge in [0.25, 0.3) is 0 Å². The fourth-order valence-corrected chi connectivity index (χ4v) is 3.41. The molecule has 1 aromatic heterocycles. The molecule has 1 unspecified atom stereocenters. The van der Waals surface area contributed by atoms with Crippen LogP contribution in [0.4, 0.5) is 0 Å². The summed E-state index contributed by atoms with van der Waals surface area (Å²) in [6, 6.07) is 4.45. The Balaban J connectivity index is 2.05. The molecular formula is C17H25N3O3. The Morgan fingerprint density at radius 2 is 2.00 bits per heavy atom. The lowest BCUT2D eigenvalue weighted by atomic mass is 10.1. The van der Waals surface area contributed by atoms with Gasteiger partial charge in [0.2, 0.25) is 0 Å². The fourth-order valence-electron chi connectivity index (χ4n) is 3.41. The number of aliphatic hydroxyl groups excluding tert-OH is 1. The van der Waals surface area contributed by atoms with E-state index in [2.05, 4.69) is 16.6 Å². The molecule has 23 heavy (non-hydrogen) atoms. The van der Waals surface area contributed by atoms with Crippen molar-refractivity contribution in [2.75, 3.05) is 34.4 Å². The first-order valence-corrected chi connectivity index (χ1v) is 8.10. The van der Waals surface area contributed by atoms with Gasteiger partial charge in [-0.3, -0.25) is 4.68 Å². The Bertz CT molecular complexity index is 683. The average molecular weight is 319 g/mol. The second-order valence-electron chi connectivity index (χ2n) is 6.10. The number of rotatable bonds is 6. The lowest BCUT2D eigenvalue weighted by Gasteiger charge is -2.19. The third-order valence-corrected chi connectivity index (χ3v) is 4.74. The molecule has 1 fully saturated rings. The highest BCUT2D eigenvalue weighted by Gasteiger charge is 2.23. The SMILES string of the molecule is COc1cc2c(CCO)nn(CC3CCCN3C)c2cc1OC. The maximum atomic E-state index is 9.33. The second kappa shape index (κ2) is 6.76. The van der Waals surface area contributed by atoms with E-state index in [1.807, 2.05) is 12.1 Å². The van der Waals surface area contributed by atoms with E-state index in [-0.39, 0.29) is 6.61 Å². The van der Waals surface area contributed by atoms with Crippen molar-refractivity contribution in [3.63, 3.8) is 0 Å². The molecule has 1 aliphatic rings. The highest BCUT2D eigenvalue weighted by molar-refractivity contribution is 5.85. The molecule has 126 valence electrons. The molecule has 0 radical (unpaired) electrons. The summed E-state index contributed by atoms with van der Waals surface area (Å²) in [5.41, 5.74) is 1.94. The van der Waals surface area contributed by atoms with Gasteiger partial charge in [-0.15, -0.1) is 0 Å². The topological polar surface area (TPSA) is 59.8 Å². The van der Waals surface area contributed by atoms with E-state index in [0.717, 1.165) is 29.7 Å². The molecule has 0 aliphatic carbocycles. The predicted molar refractivity (Wildman–Crippen MR) is 89.3 cm³/mol. The zero-order valence-electron chi connectivity index (χ0n) is 14.1. The molecule has 1 aliphatic heterocycles. The number of aliphatic hydroxyl groups is 1. The molecule has 2 aromatic rings. The summed E-state index contributed by atoms with van der Waals surface area (Å²) < 4.78 is 12.9. The number of hydrogen-bond acceptors (Lipinski definition) is 5. The van der Waals surface area contributed by atoms with Crippen LogP contribution >= 0.6 is 0 Å². The van der Waals surface area contributed by atoms with E-state index in [1.54, 1.807) is 14.2 Å². The lowest BCUT2D eigenvalue weighted by molar-refractivity contribution is 0.275. The normalized spacial score (nSPS) is 18.7. The first-order chi connectivity index (χ1) is 11.2. The van der Waals surface area contributed by atoms with Crippen molar-refractivity contribution < 1.29 is 14.6 Å². The highest BCUT2D eigenvalue weighted by atomic mass is 16.5. The van der Waals surface area contributed by atoms with Gasteiger partial charge in [0.15, 0.2) is 11.5 Å². The summed E-state index contributed by atoms with van der Waals surface area (Å²) >= 11 is 0. The van der Waals surface area contributed by atoms with E-state index in [0.29, 0.717) is 24.0 Å². The van der Waals surface area contributed by atoms with Crippen LogP contribution in [0.2, 0.25) is 0 Å². The van der Waals surface area contributed by atoms with Gasteiger partial charge in [0.05, 0.1) is 32.0 Å². The molecule has 1 aromatic carbocycles. The molecule has 0 amide bonds. The predicted octanol–water partition coefficient (Wildman–Crippen LogP) is 1.68. The average Bonchev–Trinajstić information content (AvgIpc) is 3.11. The number of likely N-dealkylation sites (N-methyl/N-ethyl adjacent to an activating group) is 1. The van der Waals surface area contributed by atoms with Crippen molar-refractivity contribution in [3.8, 4) is 11.5 Å². The number of likely N-dealkylation sites (tertiary alicyclic amines) is 1. The Morgan fingerprint density at radius 1 is 1.26 bits per heavy atom. The van der Waals surface area contributed by atoms with Crippen LogP contribution in [0.15, 0.2) is 12.1 Å². The molecular weight excluding hydrogens is 294 g/mol. The maximum Gasteiger partial charge on any atom is 0.162 e. The number of ether oxygens (including phenoxy) is 2. The van der Waals surface area contributed by atoms with Crippen LogP contribution in [-0.4, -0.2) is 60.2 Å². The molecule has 1 saturated heterocycles. The van der Waals surface area contributed by atoms with Crippen molar-refractivity contribution in [1.82, 2.24) is 14.7 Å². The zero-order valence-corrected chi connectivity index (χ0v) is 14.1. The van der Waals surface area contributed by atoms with Gasteiger partial charge in [-0.2, -0.15) is 5.10 Å². The Kier molecular flexibility index (Phi) is 4.73. The zero-order chi connectivity index (χ0) is 16.4. The minimum Gasteiger partial charge on any atom is -0.493 e. The maximum absolute atomic E-state index is 9.33. The molecule has 6 heteroatoms. The van der Waals surface area contributed by atoms with Crippen molar-refractivity contribution >= 4 is 10.9 Å². The molecule has 1 atom stereocenters. The van der Waals surface area contributed by atoms with Crippen molar-refractivity contribution in [3.05, 3.63) is 17.8 Å². The van der Waals surface area contributed by atoms with Crippen LogP contribution in [0, 0.1) is 0 Å². The van der Waals surface area contributed by atoms with Crippen molar-refractivity contribution in [1.29, 1.82) is 0 Å². The summed E-state index contributed by atoms with van der Waals surface area (Å²) in [5, 5.41) is 15.1. The third-order valence-electron chi connectivity index (χ3n) is 4.74. The largest absolute Gasteiger partial charge is 0.493 e. The monoisotopic (exact) mass is 319 g/mol. The third kappa shape index (κ3) is 3.01. The molecule has 0 bridgehead atoms. The van der Waals surface area contributed by atoms with Crippen LogP contribution in [-0.2, 0) is 13.0 Å². The van der Waals surface area contributed by atoms with Gasteiger partial charge < -0.3 is 19.5 Å². The van der Waals surface area contributed by atoms with Crippen LogP contribution < -0.4 is 9.47 Å². The first-order valence-electron chi connectivity index (χ1n) is 8.10. The Morgan fingerprint density at radius 3 is 2.61 bits per heavy atom. The number of aromatic nitrogens is 2. The van der Waals surface area contributed by atoms with Crippen LogP contribution in [0.5, 0.6) is 11.5 Å². The van der Waals surface area contributed by atoms with Gasteiger partial charge in [-0.25, -0.2) is 0 Å². The number of benzene rings is 1. The van der Waals surface area contributed by atoms with Crippen molar-refractivity contribution in [2.24, 2.45) is 0 Å². The second-order valence-corrected chi connectivity index (χ2v) is 6.10. The summed E-state index contributed by atoms with van der Waals surface area (Å²) in [6.45, 7) is 2.09. The molecule has 0 spiro atoms. The molecule has 2 heterocycles. The van der Waals surface area contributed by atoms with Gasteiger partial charge in [-0.1, -0.05) is 0 Å². The van der Waals surface area contributed by atoms with Gasteiger partial charge in [-0.05, 0) is 32.5 Å². The number of hydrogen-bond donors (Lipinski definition) is 1. The summed E-state index contributed by atoms with van der Waals surface area (Å²) in [4.78, 5) is 2.39. The summed E-state index contributed by atoms with van der Waals surface area (Å²) in [7, 11) is 5.44. The van der Waals surface area contributed by atoms with E-state index in [4.69, 9.17) is 14.6 Å². The first kappa shape index (κ1) is 16.1. The van der Waals surface area contributed by atoms with Crippen LogP contribution in [0.3, 0.4) is 0 Å². The van der Waals surface area contributed by atoms with Gasteiger partial charge >= 0.3 is 0 Å². The smallest absolute Gasteiger partial charge is 0.162 e. The Hall–Kier alpha value is -1.79. The molecule has 3 rings (SSSR count). The number of fused-ring (bicyclic) bond motifs is 1. The molecule has 0 saturated carbocycles. The van der Waals surface area contributed by atoms with E-state index < -0.39 is 0 Å². The quantitative estimate of drug-likeness (QED) is 0.878. The summed E-state index contributed by atoms with van der Waals surface area (Å²) in [6.07, 6.45) is 2.97. The standard InChI is InChI=1S/C17H25N3O3/c1-19-7-4-5-12(19)11-20-15-10-17(23-3)16(22-2)9-13(15)14(18-20)6-8-21/h9-10,12,21H,4-8,11H2,1-3H3. The molecule has 1 N–H and O–H groups in total. The van der Waals surface area contributed by atoms with Crippen LogP contribution in [0.1, 0.15) is 18.5 Å². The summed E-state index contributed by atoms with van der Waals surface area (Å²) in [5.74, 6) is 1.40. The van der Waals surface area contributed by atoms with Gasteiger partial charge in [0.1, 0.15) is 0 Å². The van der Waals surface area contributed by atoms with E-state index >= 15 is 0 Å². The number of methoxy groups -OCH3 is 2. The minimum atomic E-state index is 0.0871. The fraction of sp³-hybridized carbons (Fsp3) is 0.588. The van der Waals surface area contributed by atoms with Gasteiger partial charge in [0, 0.05) is 30.5 Å². The minimum absolute atomic E-state index is 0.0871. The highest BCUT2D eigenvalue weighted by Crippen LogP contribution is 2.34. The van der Waals surface area contributed by atoms with Crippen molar-refractivity contribution in [2.45, 2.75) is 31.8 Å². The van der Waals surface area contributed by atoms with Crippen LogP contribution in [0.25, 0.3) is 10.9 Å². The molecule has 6 nitrogen and oxygen atoms in total. The van der Waals surface area contributed by atoms with E-state index in [1.165, 1.54) is 12.8 Å². The Labute approximate surface area is 136 Å².